The van der Waals surface area contributed by atoms with Crippen molar-refractivity contribution in [3.63, 3.8) is 0 Å². The van der Waals surface area contributed by atoms with Crippen molar-refractivity contribution in [1.82, 2.24) is 34.1 Å². The highest BCUT2D eigenvalue weighted by atomic mass is 32.1. The van der Waals surface area contributed by atoms with Crippen LogP contribution in [-0.4, -0.2) is 133 Å². The lowest BCUT2D eigenvalue weighted by atomic mass is 10.1. The van der Waals surface area contributed by atoms with E-state index in [0.29, 0.717) is 5.69 Å². The van der Waals surface area contributed by atoms with Crippen LogP contribution in [0.3, 0.4) is 0 Å². The normalized spacial score (nSPS) is 19.9. The first kappa shape index (κ1) is 42.4. The minimum absolute atomic E-state index is 0.0742. The number of nitrogens with zero attached hydrogens (tertiary/aromatic N) is 10. The number of aromatic nitrogens is 6. The molecule has 0 unspecified atom stereocenters. The number of aryl methyl sites for hydroxylation is 2. The van der Waals surface area contributed by atoms with Crippen molar-refractivity contribution < 1.29 is 24.9 Å². The molecule has 1 amide bonds. The summed E-state index contributed by atoms with van der Waals surface area (Å²) in [5.41, 5.74) is 11.3. The fourth-order valence-electron chi connectivity index (χ4n) is 8.31. The number of carbonyl (C=O) groups excluding carboxylic acids is 1. The van der Waals surface area contributed by atoms with Crippen LogP contribution in [0.25, 0.3) is 11.0 Å². The van der Waals surface area contributed by atoms with E-state index in [2.05, 4.69) is 80.9 Å². The van der Waals surface area contributed by atoms with Crippen molar-refractivity contribution in [3.8, 4) is 0 Å². The maximum absolute atomic E-state index is 12.8. The highest BCUT2D eigenvalue weighted by molar-refractivity contribution is 7.14. The van der Waals surface area contributed by atoms with Gasteiger partial charge in [0.05, 0.1) is 23.2 Å². The Labute approximate surface area is 362 Å². The largest absolute Gasteiger partial charge is 0.476 e. The molecule has 10 heterocycles. The molecule has 0 spiro atoms. The Morgan fingerprint density at radius 2 is 1.15 bits per heavy atom. The van der Waals surface area contributed by atoms with Crippen molar-refractivity contribution in [1.29, 1.82) is 0 Å². The highest BCUT2D eigenvalue weighted by Crippen LogP contribution is 2.29. The number of nitrogens with one attached hydrogen (secondary N) is 1. The van der Waals surface area contributed by atoms with Crippen LogP contribution in [0.2, 0.25) is 0 Å². The van der Waals surface area contributed by atoms with Gasteiger partial charge in [0.25, 0.3) is 5.91 Å². The Morgan fingerprint density at radius 1 is 0.672 bits per heavy atom. The second-order valence-electron chi connectivity index (χ2n) is 16.2. The molecule has 0 aromatic carbocycles. The second kappa shape index (κ2) is 18.7. The van der Waals surface area contributed by atoms with Gasteiger partial charge < -0.3 is 54.8 Å². The molecular weight excluding hydrogens is 817 g/mol. The zero-order valence-electron chi connectivity index (χ0n) is 34.5. The van der Waals surface area contributed by atoms with Crippen LogP contribution in [0.5, 0.6) is 0 Å². The van der Waals surface area contributed by atoms with Crippen molar-refractivity contribution in [2.45, 2.75) is 76.7 Å². The van der Waals surface area contributed by atoms with Crippen LogP contribution in [0.4, 0.5) is 21.9 Å². The number of rotatable bonds is 7. The van der Waals surface area contributed by atoms with Gasteiger partial charge in [0.2, 0.25) is 0 Å². The van der Waals surface area contributed by atoms with Crippen LogP contribution in [0, 0.1) is 13.8 Å². The molecule has 6 N–H and O–H groups in total. The monoisotopic (exact) mass is 870 g/mol. The lowest BCUT2D eigenvalue weighted by Gasteiger charge is -2.29. The summed E-state index contributed by atoms with van der Waals surface area (Å²) in [7, 11) is 0. The zero-order valence-corrected chi connectivity index (χ0v) is 36.1. The van der Waals surface area contributed by atoms with E-state index in [9.17, 15) is 19.8 Å². The van der Waals surface area contributed by atoms with Crippen molar-refractivity contribution in [2.24, 2.45) is 5.73 Å². The lowest BCUT2D eigenvalue weighted by molar-refractivity contribution is 0.0691. The number of carboxylic acid groups (broad SMARTS) is 1. The minimum atomic E-state index is -0.991. The number of anilines is 4. The van der Waals surface area contributed by atoms with E-state index in [1.807, 2.05) is 41.3 Å². The molecule has 0 saturated carbocycles. The Morgan fingerprint density at radius 3 is 1.64 bits per heavy atom. The Balaban J connectivity index is 0.000000139. The number of hydrogen-bond acceptors (Lipinski definition) is 15. The van der Waals surface area contributed by atoms with Crippen LogP contribution >= 0.6 is 22.7 Å². The third-order valence-electron chi connectivity index (χ3n) is 11.8. The molecule has 4 fully saturated rings. The predicted molar refractivity (Wildman–Crippen MR) is 239 cm³/mol. The van der Waals surface area contributed by atoms with E-state index >= 15 is 0 Å². The smallest absolute Gasteiger partial charge is 0.355 e. The summed E-state index contributed by atoms with van der Waals surface area (Å²) >= 11 is 2.83. The summed E-state index contributed by atoms with van der Waals surface area (Å²) < 4.78 is 4.22. The van der Waals surface area contributed by atoms with Gasteiger partial charge >= 0.3 is 5.97 Å². The number of piperidine rings is 2. The van der Waals surface area contributed by atoms with Crippen molar-refractivity contribution in [3.05, 3.63) is 82.6 Å². The predicted octanol–water partition coefficient (Wildman–Crippen LogP) is 4.05. The topological polar surface area (TPSA) is 206 Å². The molecule has 61 heavy (non-hydrogen) atoms. The van der Waals surface area contributed by atoms with Crippen molar-refractivity contribution >= 4 is 67.5 Å². The summed E-state index contributed by atoms with van der Waals surface area (Å²) in [6.07, 6.45) is 16.2. The number of nitrogens with two attached hydrogens (primary N) is 1. The minimum Gasteiger partial charge on any atom is -0.476 e. The molecule has 4 aliphatic rings. The molecule has 4 aliphatic heterocycles. The Hall–Kier alpha value is -5.34. The second-order valence-corrected chi connectivity index (χ2v) is 17.9. The molecule has 324 valence electrons. The third-order valence-corrected chi connectivity index (χ3v) is 13.6. The first-order chi connectivity index (χ1) is 29.5. The third kappa shape index (κ3) is 9.75. The number of aliphatic hydroxyl groups is 2. The number of aromatic carboxylic acids is 1. The fourth-order valence-corrected chi connectivity index (χ4v) is 10.0. The van der Waals surface area contributed by atoms with Gasteiger partial charge in [-0.1, -0.05) is 0 Å². The number of aliphatic hydroxyl groups excluding tert-OH is 2. The van der Waals surface area contributed by atoms with Crippen LogP contribution < -0.4 is 30.7 Å². The van der Waals surface area contributed by atoms with Crippen LogP contribution in [-0.2, 0) is 0 Å². The molecule has 10 rings (SSSR count). The van der Waals surface area contributed by atoms with Gasteiger partial charge in [0, 0.05) is 112 Å². The van der Waals surface area contributed by atoms with Gasteiger partial charge in [-0.25, -0.2) is 24.7 Å². The summed E-state index contributed by atoms with van der Waals surface area (Å²) in [5, 5.41) is 35.8. The average molecular weight is 871 g/mol. The molecular formula is C42H54N12O5S2. The van der Waals surface area contributed by atoms with Gasteiger partial charge in [-0.05, 0) is 75.6 Å². The molecule has 2 atom stereocenters. The van der Waals surface area contributed by atoms with Crippen molar-refractivity contribution in [2.75, 3.05) is 72.0 Å². The summed E-state index contributed by atoms with van der Waals surface area (Å²) in [5.74, 6) is 0.930. The number of amides is 1. The Kier molecular flexibility index (Phi) is 13.0. The molecule has 0 aliphatic carbocycles. The van der Waals surface area contributed by atoms with E-state index in [1.165, 1.54) is 39.3 Å². The maximum atomic E-state index is 12.8. The van der Waals surface area contributed by atoms with Gasteiger partial charge in [-0.2, -0.15) is 0 Å². The Bertz CT molecular complexity index is 2430. The van der Waals surface area contributed by atoms with Gasteiger partial charge in [0.1, 0.15) is 5.69 Å². The van der Waals surface area contributed by atoms with E-state index < -0.39 is 5.97 Å². The maximum Gasteiger partial charge on any atom is 0.355 e. The van der Waals surface area contributed by atoms with Crippen LogP contribution in [0.15, 0.2) is 60.1 Å². The average Bonchev–Trinajstić information content (AvgIpc) is 4.13. The molecule has 0 bridgehead atoms. The molecule has 6 aromatic rings. The number of carbonyl (C=O) groups is 2. The van der Waals surface area contributed by atoms with Gasteiger partial charge in [-0.15, -0.1) is 22.7 Å². The quantitative estimate of drug-likeness (QED) is 0.154. The molecule has 4 saturated heterocycles. The number of carboxylic acids is 1. The van der Waals surface area contributed by atoms with Crippen LogP contribution in [0.1, 0.15) is 70.6 Å². The SMILES string of the molecule is Cc1ccn2ccnc(N3CC[C@H](N)C3)c12.Cc1ccn2ccnc(N3CC[C@H](NC(=O)c4csc(N5CCC(O)CC5)n4)C3)c12.O=C(O)c1csc(N2CCC(O)CC2)n1. The summed E-state index contributed by atoms with van der Waals surface area (Å²) in [6.45, 7) is 10.8. The van der Waals surface area contributed by atoms with E-state index in [-0.39, 0.29) is 35.9 Å². The number of thiazole rings is 2. The van der Waals surface area contributed by atoms with Gasteiger partial charge in [-0.3, -0.25) is 4.79 Å². The number of fused-ring (bicyclic) bond motifs is 2. The molecule has 17 nitrogen and oxygen atoms in total. The van der Waals surface area contributed by atoms with E-state index in [0.717, 1.165) is 118 Å². The molecule has 19 heteroatoms. The van der Waals surface area contributed by atoms with E-state index in [4.69, 9.17) is 10.8 Å². The fraction of sp³-hybridized carbons (Fsp3) is 0.476. The summed E-state index contributed by atoms with van der Waals surface area (Å²) in [6, 6.07) is 4.58. The number of hydrogen-bond donors (Lipinski definition) is 5. The highest BCUT2D eigenvalue weighted by Gasteiger charge is 2.29. The molecule has 0 radical (unpaired) electrons. The lowest BCUT2D eigenvalue weighted by Crippen LogP contribution is -2.38. The first-order valence-electron chi connectivity index (χ1n) is 20.9. The molecule has 6 aromatic heterocycles. The zero-order chi connectivity index (χ0) is 42.6. The first-order valence-corrected chi connectivity index (χ1v) is 22.7. The standard InChI is InChI=1S/C21H26N6O2S.C12H16N4.C9H12N2O3S/c1-14-2-7-25-11-6-22-19(18(14)25)27-8-3-15(12-27)23-20(29)17-13-30-21(24-17)26-9-4-16(28)5-10-26;1-9-2-5-15-7-4-14-12(11(9)15)16-6-3-10(13)8-16;12-6-1-3-11(4-2-6)9-10-7(5-15-9)8(13)14/h2,6-7,11,13,15-16,28H,3-5,8-10,12H2,1H3,(H,23,29);2,4-5,7,10H,3,6,8,13H2,1H3;5-6,12H,1-4H2,(H,13,14)/t15-;10-;/m00./s1. The summed E-state index contributed by atoms with van der Waals surface area (Å²) in [4.78, 5) is 49.8. The van der Waals surface area contributed by atoms with E-state index in [1.54, 1.807) is 5.38 Å². The van der Waals surface area contributed by atoms with Gasteiger partial charge in [0.15, 0.2) is 27.6 Å².